The van der Waals surface area contributed by atoms with Crippen molar-refractivity contribution >= 4 is 51.8 Å². The molecule has 1 aromatic heterocycles. The number of alkyl halides is 4. The highest BCUT2D eigenvalue weighted by Gasteiger charge is 2.38. The number of rotatable bonds is 6. The van der Waals surface area contributed by atoms with Gasteiger partial charge in [-0.15, -0.1) is 0 Å². The minimum Gasteiger partial charge on any atom is -0.475 e. The normalized spacial score (nSPS) is 14.0. The summed E-state index contributed by atoms with van der Waals surface area (Å²) in [6.07, 6.45) is -5.08. The van der Waals surface area contributed by atoms with Crippen LogP contribution in [0.1, 0.15) is 11.1 Å². The number of benzene rings is 2. The van der Waals surface area contributed by atoms with E-state index in [4.69, 9.17) is 38.1 Å². The topological polar surface area (TPSA) is 105 Å². The van der Waals surface area contributed by atoms with Crippen LogP contribution in [0.4, 0.5) is 29.2 Å². The van der Waals surface area contributed by atoms with Gasteiger partial charge < -0.3 is 15.3 Å². The number of nitrogens with one attached hydrogen (secondary N) is 1. The molecule has 38 heavy (non-hydrogen) atoms. The van der Waals surface area contributed by atoms with Gasteiger partial charge >= 0.3 is 12.1 Å². The van der Waals surface area contributed by atoms with E-state index in [1.54, 1.807) is 24.3 Å². The summed E-state index contributed by atoms with van der Waals surface area (Å²) in [4.78, 5) is 22.7. The molecular weight excluding hydrogens is 551 g/mol. The van der Waals surface area contributed by atoms with Crippen molar-refractivity contribution in [3.05, 3.63) is 57.6 Å². The Morgan fingerprint density at radius 3 is 2.37 bits per heavy atom. The molecule has 1 saturated heterocycles. The van der Waals surface area contributed by atoms with Crippen molar-refractivity contribution in [2.24, 2.45) is 0 Å². The predicted octanol–water partition coefficient (Wildman–Crippen LogP) is 5.15. The lowest BCUT2D eigenvalue weighted by atomic mass is 10.2. The van der Waals surface area contributed by atoms with Crippen molar-refractivity contribution in [1.29, 1.82) is 5.26 Å². The van der Waals surface area contributed by atoms with E-state index >= 15 is 0 Å². The van der Waals surface area contributed by atoms with E-state index in [1.165, 1.54) is 0 Å². The lowest BCUT2D eigenvalue weighted by Crippen LogP contribution is -2.46. The first-order valence-corrected chi connectivity index (χ1v) is 12.0. The van der Waals surface area contributed by atoms with Crippen molar-refractivity contribution in [2.75, 3.05) is 49.6 Å². The molecule has 0 saturated carbocycles. The molecule has 2 aromatic carbocycles. The molecule has 0 radical (unpaired) electrons. The van der Waals surface area contributed by atoms with Crippen molar-refractivity contribution in [2.45, 2.75) is 12.7 Å². The number of carbonyl (C=O) groups is 1. The molecule has 1 aliphatic rings. The summed E-state index contributed by atoms with van der Waals surface area (Å²) in [7, 11) is 0. The maximum atomic E-state index is 12.8. The van der Waals surface area contributed by atoms with Crippen molar-refractivity contribution in [3.63, 3.8) is 0 Å². The zero-order valence-corrected chi connectivity index (χ0v) is 21.3. The minimum atomic E-state index is -5.08. The fraction of sp³-hybridized carbons (Fsp3) is 0.333. The summed E-state index contributed by atoms with van der Waals surface area (Å²) in [6.45, 7) is 3.47. The third-order valence-electron chi connectivity index (χ3n) is 5.48. The zero-order chi connectivity index (χ0) is 27.9. The summed E-state index contributed by atoms with van der Waals surface area (Å²) in [5, 5.41) is 20.7. The number of hydrogen-bond acceptors (Lipinski definition) is 7. The average molecular weight is 573 g/mol. The van der Waals surface area contributed by atoms with Crippen molar-refractivity contribution in [3.8, 4) is 6.07 Å². The Morgan fingerprint density at radius 2 is 1.76 bits per heavy atom. The number of anilines is 2. The van der Waals surface area contributed by atoms with E-state index in [0.29, 0.717) is 38.3 Å². The molecule has 4 rings (SSSR count). The first-order chi connectivity index (χ1) is 18.0. The highest BCUT2D eigenvalue weighted by atomic mass is 35.5. The van der Waals surface area contributed by atoms with Gasteiger partial charge in [-0.2, -0.15) is 18.4 Å². The Balaban J connectivity index is 0.000000505. The molecule has 2 heterocycles. The van der Waals surface area contributed by atoms with E-state index in [1.807, 2.05) is 12.1 Å². The van der Waals surface area contributed by atoms with Crippen LogP contribution in [-0.4, -0.2) is 71.5 Å². The van der Waals surface area contributed by atoms with Gasteiger partial charge in [0.2, 0.25) is 0 Å². The van der Waals surface area contributed by atoms with Gasteiger partial charge in [-0.1, -0.05) is 23.2 Å². The number of hydrogen-bond donors (Lipinski definition) is 2. The van der Waals surface area contributed by atoms with Crippen LogP contribution >= 0.6 is 23.2 Å². The Morgan fingerprint density at radius 1 is 1.08 bits per heavy atom. The molecule has 202 valence electrons. The highest BCUT2D eigenvalue weighted by Crippen LogP contribution is 2.28. The molecule has 0 atom stereocenters. The van der Waals surface area contributed by atoms with Crippen LogP contribution in [-0.2, 0) is 11.3 Å². The molecule has 14 heteroatoms. The predicted molar refractivity (Wildman–Crippen MR) is 136 cm³/mol. The standard InChI is InChI=1S/C22H21Cl2FN6.C2HF3O2/c23-17-2-3-18(24)16(12-17)14-30-7-9-31(10-8-30)22-21(27-6-5-25)28-19-4-1-15(13-26)11-20(19)29-22;3-2(4,5)1(6)7/h1-4,11-12H,5-10,14H2,(H,27,28);(H,6,7). The number of aliphatic carboxylic acids is 1. The van der Waals surface area contributed by atoms with E-state index in [-0.39, 0.29) is 6.54 Å². The second kappa shape index (κ2) is 12.9. The Labute approximate surface area is 225 Å². The Hall–Kier alpha value is -3.40. The molecule has 0 aliphatic carbocycles. The van der Waals surface area contributed by atoms with Gasteiger partial charge in [0.15, 0.2) is 11.6 Å². The van der Waals surface area contributed by atoms with Gasteiger partial charge in [0.25, 0.3) is 0 Å². The number of carboxylic acids is 1. The highest BCUT2D eigenvalue weighted by molar-refractivity contribution is 6.33. The molecule has 1 aliphatic heterocycles. The number of nitriles is 1. The molecule has 0 unspecified atom stereocenters. The second-order valence-electron chi connectivity index (χ2n) is 8.13. The maximum absolute atomic E-state index is 12.8. The first kappa shape index (κ1) is 29.2. The van der Waals surface area contributed by atoms with Crippen LogP contribution in [0.15, 0.2) is 36.4 Å². The fourth-order valence-corrected chi connectivity index (χ4v) is 4.01. The van der Waals surface area contributed by atoms with Crippen LogP contribution in [0.5, 0.6) is 0 Å². The van der Waals surface area contributed by atoms with Gasteiger partial charge in [0.05, 0.1) is 22.7 Å². The number of piperazine rings is 1. The number of nitrogens with zero attached hydrogens (tertiary/aromatic N) is 5. The smallest absolute Gasteiger partial charge is 0.475 e. The fourth-order valence-electron chi connectivity index (χ4n) is 3.64. The van der Waals surface area contributed by atoms with Gasteiger partial charge in [-0.3, -0.25) is 4.90 Å². The third kappa shape index (κ3) is 7.80. The number of fused-ring (bicyclic) bond motifs is 1. The largest absolute Gasteiger partial charge is 0.490 e. The minimum absolute atomic E-state index is 0.163. The molecule has 0 amide bonds. The van der Waals surface area contributed by atoms with Crippen LogP contribution in [0.2, 0.25) is 10.0 Å². The summed E-state index contributed by atoms with van der Waals surface area (Å²) in [5.41, 5.74) is 2.84. The SMILES string of the molecule is N#Cc1ccc2nc(NCCF)c(N3CCN(Cc4cc(Cl)ccc4Cl)CC3)nc2c1.O=C(O)C(F)(F)F. The average Bonchev–Trinajstić information content (AvgIpc) is 2.89. The summed E-state index contributed by atoms with van der Waals surface area (Å²) in [5.74, 6) is -1.52. The van der Waals surface area contributed by atoms with Crippen molar-refractivity contribution in [1.82, 2.24) is 14.9 Å². The summed E-state index contributed by atoms with van der Waals surface area (Å²) in [6, 6.07) is 12.8. The van der Waals surface area contributed by atoms with E-state index in [2.05, 4.69) is 26.2 Å². The van der Waals surface area contributed by atoms with Crippen LogP contribution < -0.4 is 10.2 Å². The van der Waals surface area contributed by atoms with Gasteiger partial charge in [-0.25, -0.2) is 19.2 Å². The number of carboxylic acid groups (broad SMARTS) is 1. The molecule has 1 fully saturated rings. The van der Waals surface area contributed by atoms with Gasteiger partial charge in [0, 0.05) is 49.3 Å². The lowest BCUT2D eigenvalue weighted by Gasteiger charge is -2.36. The van der Waals surface area contributed by atoms with Gasteiger partial charge in [0.1, 0.15) is 6.67 Å². The molecule has 3 aromatic rings. The second-order valence-corrected chi connectivity index (χ2v) is 8.97. The summed E-state index contributed by atoms with van der Waals surface area (Å²) < 4.78 is 44.5. The van der Waals surface area contributed by atoms with Crippen molar-refractivity contribution < 1.29 is 27.5 Å². The maximum Gasteiger partial charge on any atom is 0.490 e. The van der Waals surface area contributed by atoms with Crippen LogP contribution in [0, 0.1) is 11.3 Å². The Bertz CT molecular complexity index is 1330. The molecule has 8 nitrogen and oxygen atoms in total. The van der Waals surface area contributed by atoms with E-state index < -0.39 is 18.8 Å². The molecule has 0 spiro atoms. The first-order valence-electron chi connectivity index (χ1n) is 11.2. The third-order valence-corrected chi connectivity index (χ3v) is 6.08. The Kier molecular flexibility index (Phi) is 9.90. The monoisotopic (exact) mass is 572 g/mol. The molecule has 2 N–H and O–H groups in total. The van der Waals surface area contributed by atoms with Crippen LogP contribution in [0.25, 0.3) is 11.0 Å². The van der Waals surface area contributed by atoms with E-state index in [0.717, 1.165) is 38.3 Å². The lowest BCUT2D eigenvalue weighted by molar-refractivity contribution is -0.192. The summed E-state index contributed by atoms with van der Waals surface area (Å²) >= 11 is 12.4. The van der Waals surface area contributed by atoms with Gasteiger partial charge in [-0.05, 0) is 42.0 Å². The zero-order valence-electron chi connectivity index (χ0n) is 19.8. The van der Waals surface area contributed by atoms with Crippen LogP contribution in [0.3, 0.4) is 0 Å². The molecule has 0 bridgehead atoms. The molecular formula is C24H22Cl2F4N6O2. The number of halogens is 6. The quantitative estimate of drug-likeness (QED) is 0.391. The number of aromatic nitrogens is 2. The van der Waals surface area contributed by atoms with E-state index in [9.17, 15) is 22.8 Å².